The SMILES string of the molecule is CCC(C)c1ccccc1NC(=O)COc1ccc(Cl)cc1Cl. The van der Waals surface area contributed by atoms with Crippen molar-refractivity contribution in [1.82, 2.24) is 0 Å². The van der Waals surface area contributed by atoms with E-state index in [1.165, 1.54) is 0 Å². The standard InChI is InChI=1S/C18H19Cl2NO2/c1-3-12(2)14-6-4-5-7-16(14)21-18(22)11-23-17-9-8-13(19)10-15(17)20/h4-10,12H,3,11H2,1-2H3,(H,21,22). The quantitative estimate of drug-likeness (QED) is 0.743. The minimum absolute atomic E-state index is 0.115. The lowest BCUT2D eigenvalue weighted by molar-refractivity contribution is -0.118. The Bertz CT molecular complexity index is 688. The number of benzene rings is 2. The predicted molar refractivity (Wildman–Crippen MR) is 95.7 cm³/mol. The first-order valence-corrected chi connectivity index (χ1v) is 8.23. The molecule has 2 aromatic rings. The van der Waals surface area contributed by atoms with E-state index in [9.17, 15) is 4.79 Å². The van der Waals surface area contributed by atoms with Gasteiger partial charge in [0, 0.05) is 10.7 Å². The van der Waals surface area contributed by atoms with Gasteiger partial charge >= 0.3 is 0 Å². The van der Waals surface area contributed by atoms with Crippen LogP contribution in [0.5, 0.6) is 5.75 Å². The summed E-state index contributed by atoms with van der Waals surface area (Å²) in [5.74, 6) is 0.575. The van der Waals surface area contributed by atoms with Gasteiger partial charge in [-0.1, -0.05) is 55.2 Å². The van der Waals surface area contributed by atoms with Crippen LogP contribution in [0.3, 0.4) is 0 Å². The summed E-state index contributed by atoms with van der Waals surface area (Å²) in [4.78, 5) is 12.1. The van der Waals surface area contributed by atoms with Crippen molar-refractivity contribution in [3.63, 3.8) is 0 Å². The first kappa shape index (κ1) is 17.6. The fourth-order valence-corrected chi connectivity index (χ4v) is 2.65. The molecule has 0 aliphatic heterocycles. The Kier molecular flexibility index (Phi) is 6.31. The van der Waals surface area contributed by atoms with Gasteiger partial charge in [0.05, 0.1) is 5.02 Å². The first-order chi connectivity index (χ1) is 11.0. The second-order valence-electron chi connectivity index (χ2n) is 5.31. The molecule has 1 atom stereocenters. The van der Waals surface area contributed by atoms with Crippen molar-refractivity contribution < 1.29 is 9.53 Å². The molecule has 0 saturated carbocycles. The monoisotopic (exact) mass is 351 g/mol. The minimum Gasteiger partial charge on any atom is -0.482 e. The first-order valence-electron chi connectivity index (χ1n) is 7.48. The summed E-state index contributed by atoms with van der Waals surface area (Å²) in [6.07, 6.45) is 1.00. The summed E-state index contributed by atoms with van der Waals surface area (Å²) in [6.45, 7) is 4.14. The molecular weight excluding hydrogens is 333 g/mol. The molecule has 5 heteroatoms. The van der Waals surface area contributed by atoms with Crippen LogP contribution in [-0.2, 0) is 4.79 Å². The highest BCUT2D eigenvalue weighted by molar-refractivity contribution is 6.35. The van der Waals surface area contributed by atoms with Gasteiger partial charge in [0.25, 0.3) is 5.91 Å². The van der Waals surface area contributed by atoms with Crippen molar-refractivity contribution in [2.45, 2.75) is 26.2 Å². The van der Waals surface area contributed by atoms with E-state index >= 15 is 0 Å². The number of ether oxygens (including phenoxy) is 1. The fourth-order valence-electron chi connectivity index (χ4n) is 2.18. The van der Waals surface area contributed by atoms with E-state index in [2.05, 4.69) is 19.2 Å². The van der Waals surface area contributed by atoms with E-state index in [4.69, 9.17) is 27.9 Å². The van der Waals surface area contributed by atoms with Crippen LogP contribution in [0, 0.1) is 0 Å². The van der Waals surface area contributed by atoms with Gasteiger partial charge in [-0.25, -0.2) is 0 Å². The molecule has 23 heavy (non-hydrogen) atoms. The number of rotatable bonds is 6. The van der Waals surface area contributed by atoms with Gasteiger partial charge in [-0.15, -0.1) is 0 Å². The lowest BCUT2D eigenvalue weighted by Gasteiger charge is -2.16. The highest BCUT2D eigenvalue weighted by atomic mass is 35.5. The molecule has 0 aliphatic carbocycles. The number of carbonyl (C=O) groups excluding carboxylic acids is 1. The molecule has 2 rings (SSSR count). The molecule has 2 aromatic carbocycles. The van der Waals surface area contributed by atoms with E-state index in [1.54, 1.807) is 18.2 Å². The van der Waals surface area contributed by atoms with Crippen LogP contribution in [0.1, 0.15) is 31.7 Å². The summed E-state index contributed by atoms with van der Waals surface area (Å²) >= 11 is 11.8. The third-order valence-electron chi connectivity index (χ3n) is 3.63. The molecule has 0 bridgehead atoms. The van der Waals surface area contributed by atoms with Crippen LogP contribution < -0.4 is 10.1 Å². The molecule has 0 radical (unpaired) electrons. The summed E-state index contributed by atoms with van der Waals surface area (Å²) in [5.41, 5.74) is 1.94. The van der Waals surface area contributed by atoms with Gasteiger partial charge in [-0.3, -0.25) is 4.79 Å². The number of halogens is 2. The number of para-hydroxylation sites is 1. The Morgan fingerprint density at radius 2 is 1.96 bits per heavy atom. The van der Waals surface area contributed by atoms with Crippen LogP contribution in [0.25, 0.3) is 0 Å². The Hall–Kier alpha value is -1.71. The number of amides is 1. The third-order valence-corrected chi connectivity index (χ3v) is 4.16. The molecule has 122 valence electrons. The molecule has 0 heterocycles. The van der Waals surface area contributed by atoms with E-state index in [1.807, 2.05) is 24.3 Å². The highest BCUT2D eigenvalue weighted by Crippen LogP contribution is 2.28. The van der Waals surface area contributed by atoms with Crippen LogP contribution in [-0.4, -0.2) is 12.5 Å². The Balaban J connectivity index is 2.00. The lowest BCUT2D eigenvalue weighted by atomic mass is 9.97. The fraction of sp³-hybridized carbons (Fsp3) is 0.278. The lowest BCUT2D eigenvalue weighted by Crippen LogP contribution is -2.21. The number of hydrogen-bond donors (Lipinski definition) is 1. The molecular formula is C18H19Cl2NO2. The van der Waals surface area contributed by atoms with Crippen molar-refractivity contribution in [3.05, 3.63) is 58.1 Å². The summed E-state index contributed by atoms with van der Waals surface area (Å²) in [7, 11) is 0. The van der Waals surface area contributed by atoms with E-state index in [0.29, 0.717) is 21.7 Å². The second-order valence-corrected chi connectivity index (χ2v) is 6.15. The number of carbonyl (C=O) groups is 1. The maximum absolute atomic E-state index is 12.1. The normalized spacial score (nSPS) is 11.8. The summed E-state index contributed by atoms with van der Waals surface area (Å²) < 4.78 is 5.45. The smallest absolute Gasteiger partial charge is 0.262 e. The van der Waals surface area contributed by atoms with E-state index in [-0.39, 0.29) is 12.5 Å². The zero-order valence-electron chi connectivity index (χ0n) is 13.1. The topological polar surface area (TPSA) is 38.3 Å². The number of anilines is 1. The van der Waals surface area contributed by atoms with Gasteiger partial charge in [-0.05, 0) is 42.2 Å². The average molecular weight is 352 g/mol. The van der Waals surface area contributed by atoms with Gasteiger partial charge in [0.1, 0.15) is 5.75 Å². The zero-order chi connectivity index (χ0) is 16.8. The van der Waals surface area contributed by atoms with Gasteiger partial charge in [0.2, 0.25) is 0 Å². The zero-order valence-corrected chi connectivity index (χ0v) is 14.6. The van der Waals surface area contributed by atoms with Crippen molar-refractivity contribution in [2.24, 2.45) is 0 Å². The van der Waals surface area contributed by atoms with Crippen LogP contribution in [0.2, 0.25) is 10.0 Å². The maximum atomic E-state index is 12.1. The average Bonchev–Trinajstić information content (AvgIpc) is 2.54. The van der Waals surface area contributed by atoms with Crippen molar-refractivity contribution >= 4 is 34.8 Å². The molecule has 0 saturated heterocycles. The summed E-state index contributed by atoms with van der Waals surface area (Å²) in [5, 5.41) is 3.80. The van der Waals surface area contributed by atoms with E-state index in [0.717, 1.165) is 17.7 Å². The summed E-state index contributed by atoms with van der Waals surface area (Å²) in [6, 6.07) is 12.7. The Morgan fingerprint density at radius 1 is 1.22 bits per heavy atom. The van der Waals surface area contributed by atoms with Gasteiger partial charge in [0.15, 0.2) is 6.61 Å². The Morgan fingerprint density at radius 3 is 2.65 bits per heavy atom. The van der Waals surface area contributed by atoms with Crippen molar-refractivity contribution in [1.29, 1.82) is 0 Å². The van der Waals surface area contributed by atoms with Gasteiger partial charge in [-0.2, -0.15) is 0 Å². The number of nitrogens with one attached hydrogen (secondary N) is 1. The van der Waals surface area contributed by atoms with Crippen LogP contribution in [0.15, 0.2) is 42.5 Å². The van der Waals surface area contributed by atoms with E-state index < -0.39 is 0 Å². The molecule has 1 unspecified atom stereocenters. The van der Waals surface area contributed by atoms with Gasteiger partial charge < -0.3 is 10.1 Å². The highest BCUT2D eigenvalue weighted by Gasteiger charge is 2.12. The van der Waals surface area contributed by atoms with Crippen LogP contribution in [0.4, 0.5) is 5.69 Å². The molecule has 0 aliphatic rings. The number of hydrogen-bond acceptors (Lipinski definition) is 2. The van der Waals surface area contributed by atoms with Crippen molar-refractivity contribution in [2.75, 3.05) is 11.9 Å². The molecule has 0 fully saturated rings. The van der Waals surface area contributed by atoms with Crippen LogP contribution >= 0.6 is 23.2 Å². The minimum atomic E-state index is -0.230. The second kappa shape index (κ2) is 8.23. The molecule has 0 aromatic heterocycles. The molecule has 1 N–H and O–H groups in total. The maximum Gasteiger partial charge on any atom is 0.262 e. The Labute approximate surface area is 146 Å². The largest absolute Gasteiger partial charge is 0.482 e. The molecule has 1 amide bonds. The third kappa shape index (κ3) is 4.88. The predicted octanol–water partition coefficient (Wildman–Crippen LogP) is 5.52. The molecule has 3 nitrogen and oxygen atoms in total. The molecule has 0 spiro atoms. The van der Waals surface area contributed by atoms with Crippen molar-refractivity contribution in [3.8, 4) is 5.75 Å².